The highest BCUT2D eigenvalue weighted by Crippen LogP contribution is 2.23. The summed E-state index contributed by atoms with van der Waals surface area (Å²) in [4.78, 5) is 18.8. The molecular weight excluding hydrogens is 447 g/mol. The van der Waals surface area contributed by atoms with E-state index < -0.39 is 21.7 Å². The minimum Gasteiger partial charge on any atom is -0.497 e. The summed E-state index contributed by atoms with van der Waals surface area (Å²) in [6, 6.07) is 15.3. The van der Waals surface area contributed by atoms with Crippen LogP contribution in [0.15, 0.2) is 71.8 Å². The fourth-order valence-electron chi connectivity index (χ4n) is 3.56. The van der Waals surface area contributed by atoms with Crippen LogP contribution in [0.2, 0.25) is 0 Å². The van der Waals surface area contributed by atoms with Crippen LogP contribution in [0.3, 0.4) is 0 Å². The van der Waals surface area contributed by atoms with Gasteiger partial charge in [-0.3, -0.25) is 4.79 Å². The lowest BCUT2D eigenvalue weighted by Gasteiger charge is -2.34. The summed E-state index contributed by atoms with van der Waals surface area (Å²) < 4.78 is 47.2. The Kier molecular flexibility index (Phi) is 6.57. The predicted molar refractivity (Wildman–Crippen MR) is 123 cm³/mol. The molecule has 2 heterocycles. The van der Waals surface area contributed by atoms with Crippen molar-refractivity contribution in [3.8, 4) is 5.75 Å². The Bertz CT molecular complexity index is 1230. The fourth-order valence-corrected chi connectivity index (χ4v) is 5.01. The molecule has 1 aliphatic heterocycles. The van der Waals surface area contributed by atoms with Crippen molar-refractivity contribution in [2.75, 3.05) is 43.5 Å². The number of pyridine rings is 1. The van der Waals surface area contributed by atoms with E-state index >= 15 is 0 Å². The van der Waals surface area contributed by atoms with Gasteiger partial charge in [0.25, 0.3) is 5.91 Å². The summed E-state index contributed by atoms with van der Waals surface area (Å²) in [7, 11) is -2.38. The van der Waals surface area contributed by atoms with E-state index in [0.29, 0.717) is 24.5 Å². The van der Waals surface area contributed by atoms with E-state index in [1.54, 1.807) is 30.5 Å². The maximum Gasteiger partial charge on any atom is 0.258 e. The number of nitrogens with one attached hydrogen (secondary N) is 1. The lowest BCUT2D eigenvalue weighted by molar-refractivity contribution is 0.102. The van der Waals surface area contributed by atoms with Crippen LogP contribution in [0.5, 0.6) is 5.75 Å². The fraction of sp³-hybridized carbons (Fsp3) is 0.217. The standard InChI is InChI=1S/C23H23FN4O4S/c1-32-18-7-5-17(6-8-18)26-23(29)20-16-19(9-10-21(20)24)33(30,31)28-14-12-27(13-15-28)22-4-2-3-11-25-22/h2-11,16H,12-15H2,1H3,(H,26,29). The normalized spacial score (nSPS) is 14.7. The quantitative estimate of drug-likeness (QED) is 0.596. The van der Waals surface area contributed by atoms with E-state index in [1.807, 2.05) is 23.1 Å². The Morgan fingerprint density at radius 2 is 1.76 bits per heavy atom. The Morgan fingerprint density at radius 1 is 1.03 bits per heavy atom. The van der Waals surface area contributed by atoms with E-state index in [1.165, 1.54) is 17.5 Å². The molecule has 0 spiro atoms. The van der Waals surface area contributed by atoms with Gasteiger partial charge in [0.1, 0.15) is 17.4 Å². The average Bonchev–Trinajstić information content (AvgIpc) is 2.85. The molecule has 172 valence electrons. The molecule has 4 rings (SSSR count). The number of amides is 1. The second-order valence-electron chi connectivity index (χ2n) is 7.40. The maximum absolute atomic E-state index is 14.4. The van der Waals surface area contributed by atoms with E-state index in [4.69, 9.17) is 4.74 Å². The van der Waals surface area contributed by atoms with Gasteiger partial charge in [0, 0.05) is 38.1 Å². The van der Waals surface area contributed by atoms with Crippen LogP contribution in [0.1, 0.15) is 10.4 Å². The smallest absolute Gasteiger partial charge is 0.258 e. The van der Waals surface area contributed by atoms with Gasteiger partial charge in [-0.05, 0) is 54.6 Å². The lowest BCUT2D eigenvalue weighted by atomic mass is 10.2. The molecule has 33 heavy (non-hydrogen) atoms. The molecule has 1 amide bonds. The average molecular weight is 471 g/mol. The van der Waals surface area contributed by atoms with Crippen LogP contribution >= 0.6 is 0 Å². The largest absolute Gasteiger partial charge is 0.497 e. The molecule has 0 bridgehead atoms. The number of piperazine rings is 1. The maximum atomic E-state index is 14.4. The van der Waals surface area contributed by atoms with Gasteiger partial charge in [0.05, 0.1) is 17.6 Å². The number of sulfonamides is 1. The Morgan fingerprint density at radius 3 is 2.39 bits per heavy atom. The molecule has 2 aromatic carbocycles. The summed E-state index contributed by atoms with van der Waals surface area (Å²) in [6.45, 7) is 1.46. The molecule has 0 unspecified atom stereocenters. The van der Waals surface area contributed by atoms with Gasteiger partial charge >= 0.3 is 0 Å². The molecule has 0 saturated carbocycles. The molecule has 1 fully saturated rings. The van der Waals surface area contributed by atoms with Crippen LogP contribution in [-0.2, 0) is 10.0 Å². The van der Waals surface area contributed by atoms with Crippen LogP contribution in [0.25, 0.3) is 0 Å². The lowest BCUT2D eigenvalue weighted by Crippen LogP contribution is -2.48. The van der Waals surface area contributed by atoms with Crippen LogP contribution in [-0.4, -0.2) is 56.9 Å². The summed E-state index contributed by atoms with van der Waals surface area (Å²) in [5.74, 6) is -0.154. The highest BCUT2D eigenvalue weighted by Gasteiger charge is 2.30. The van der Waals surface area contributed by atoms with Gasteiger partial charge in [-0.2, -0.15) is 4.31 Å². The van der Waals surface area contributed by atoms with Gasteiger partial charge in [0.2, 0.25) is 10.0 Å². The Balaban J connectivity index is 1.49. The minimum atomic E-state index is -3.90. The van der Waals surface area contributed by atoms with Crippen molar-refractivity contribution >= 4 is 27.4 Å². The first-order chi connectivity index (χ1) is 15.9. The third-order valence-electron chi connectivity index (χ3n) is 5.38. The van der Waals surface area contributed by atoms with Gasteiger partial charge < -0.3 is 15.0 Å². The molecular formula is C23H23FN4O4S. The highest BCUT2D eigenvalue weighted by molar-refractivity contribution is 7.89. The second kappa shape index (κ2) is 9.55. The monoisotopic (exact) mass is 470 g/mol. The number of hydrogen-bond donors (Lipinski definition) is 1. The Hall–Kier alpha value is -3.50. The SMILES string of the molecule is COc1ccc(NC(=O)c2cc(S(=O)(=O)N3CCN(c4ccccn4)CC3)ccc2F)cc1. The molecule has 1 aromatic heterocycles. The number of halogens is 1. The van der Waals surface area contributed by atoms with E-state index in [0.717, 1.165) is 18.0 Å². The van der Waals surface area contributed by atoms with Crippen molar-refractivity contribution in [3.63, 3.8) is 0 Å². The highest BCUT2D eigenvalue weighted by atomic mass is 32.2. The predicted octanol–water partition coefficient (Wildman–Crippen LogP) is 2.99. The van der Waals surface area contributed by atoms with Crippen molar-refractivity contribution in [2.24, 2.45) is 0 Å². The Labute approximate surface area is 191 Å². The first-order valence-electron chi connectivity index (χ1n) is 10.3. The van der Waals surface area contributed by atoms with Crippen molar-refractivity contribution in [1.29, 1.82) is 0 Å². The molecule has 1 aliphatic rings. The van der Waals surface area contributed by atoms with Crippen molar-refractivity contribution in [2.45, 2.75) is 4.90 Å². The number of benzene rings is 2. The van der Waals surface area contributed by atoms with Gasteiger partial charge in [0.15, 0.2) is 0 Å². The van der Waals surface area contributed by atoms with Gasteiger partial charge in [-0.1, -0.05) is 6.07 Å². The first-order valence-corrected chi connectivity index (χ1v) is 11.7. The number of hydrogen-bond acceptors (Lipinski definition) is 6. The molecule has 0 atom stereocenters. The van der Waals surface area contributed by atoms with Crippen LogP contribution < -0.4 is 15.0 Å². The van der Waals surface area contributed by atoms with Crippen molar-refractivity contribution in [1.82, 2.24) is 9.29 Å². The van der Waals surface area contributed by atoms with Crippen LogP contribution in [0, 0.1) is 5.82 Å². The topological polar surface area (TPSA) is 91.8 Å². The zero-order valence-corrected chi connectivity index (χ0v) is 18.8. The number of methoxy groups -OCH3 is 1. The summed E-state index contributed by atoms with van der Waals surface area (Å²) in [5, 5.41) is 2.58. The summed E-state index contributed by atoms with van der Waals surface area (Å²) in [5.41, 5.74) is 0.0816. The number of nitrogens with zero attached hydrogens (tertiary/aromatic N) is 3. The summed E-state index contributed by atoms with van der Waals surface area (Å²) >= 11 is 0. The van der Waals surface area contributed by atoms with Gasteiger partial charge in [-0.25, -0.2) is 17.8 Å². The van der Waals surface area contributed by atoms with Gasteiger partial charge in [-0.15, -0.1) is 0 Å². The molecule has 1 N–H and O–H groups in total. The van der Waals surface area contributed by atoms with E-state index in [-0.39, 0.29) is 23.5 Å². The third kappa shape index (κ3) is 4.96. The van der Waals surface area contributed by atoms with Crippen LogP contribution in [0.4, 0.5) is 15.9 Å². The molecule has 0 radical (unpaired) electrons. The second-order valence-corrected chi connectivity index (χ2v) is 9.34. The number of carbonyl (C=O) groups is 1. The van der Waals surface area contributed by atoms with Crippen molar-refractivity contribution in [3.05, 3.63) is 78.2 Å². The molecule has 8 nitrogen and oxygen atoms in total. The molecule has 3 aromatic rings. The van der Waals surface area contributed by atoms with E-state index in [9.17, 15) is 17.6 Å². The number of aromatic nitrogens is 1. The molecule has 1 saturated heterocycles. The van der Waals surface area contributed by atoms with Crippen molar-refractivity contribution < 1.29 is 22.3 Å². The van der Waals surface area contributed by atoms with E-state index in [2.05, 4.69) is 10.3 Å². The first kappa shape index (κ1) is 22.7. The molecule has 0 aliphatic carbocycles. The summed E-state index contributed by atoms with van der Waals surface area (Å²) in [6.07, 6.45) is 1.69. The molecule has 10 heteroatoms. The minimum absolute atomic E-state index is 0.130. The number of ether oxygens (including phenoxy) is 1. The number of carbonyl (C=O) groups excluding carboxylic acids is 1. The number of anilines is 2. The third-order valence-corrected chi connectivity index (χ3v) is 7.27. The zero-order chi connectivity index (χ0) is 23.4. The zero-order valence-electron chi connectivity index (χ0n) is 17.9. The number of rotatable bonds is 6.